The molecule has 20 heavy (non-hydrogen) atoms. The van der Waals surface area contributed by atoms with Crippen LogP contribution in [0.5, 0.6) is 0 Å². The van der Waals surface area contributed by atoms with Crippen molar-refractivity contribution in [3.05, 3.63) is 11.1 Å². The van der Waals surface area contributed by atoms with Crippen LogP contribution in [-0.4, -0.2) is 47.1 Å². The summed E-state index contributed by atoms with van der Waals surface area (Å²) in [6, 6.07) is 0. The Balaban J connectivity index is 2.72. The number of amides is 2. The van der Waals surface area contributed by atoms with Gasteiger partial charge in [0.05, 0.1) is 23.5 Å². The highest BCUT2D eigenvalue weighted by Crippen LogP contribution is 2.28. The Morgan fingerprint density at radius 2 is 2.10 bits per heavy atom. The van der Waals surface area contributed by atoms with Crippen molar-refractivity contribution in [1.82, 2.24) is 10.2 Å². The fraction of sp³-hybridized carbons (Fsp3) is 0.615. The molecule has 0 bridgehead atoms. The monoisotopic (exact) mass is 300 g/mol. The maximum atomic E-state index is 11.9. The first-order valence-electron chi connectivity index (χ1n) is 6.35. The molecule has 2 amide bonds. The number of nitrogens with one attached hydrogen (secondary N) is 1. The lowest BCUT2D eigenvalue weighted by molar-refractivity contribution is -0.137. The minimum absolute atomic E-state index is 0.0889. The molecule has 1 N–H and O–H groups in total. The highest BCUT2D eigenvalue weighted by atomic mass is 32.2. The van der Waals surface area contributed by atoms with E-state index in [1.54, 1.807) is 6.92 Å². The number of carbonyl (C=O) groups is 3. The summed E-state index contributed by atoms with van der Waals surface area (Å²) in [6.07, 6.45) is 1.25. The normalized spacial score (nSPS) is 17.5. The first-order valence-corrected chi connectivity index (χ1v) is 7.34. The SMILES string of the molecule is CCOC(=O)/C=C1\SCC(=O)N1CC(=O)NC(C)(C)C. The minimum atomic E-state index is -0.508. The van der Waals surface area contributed by atoms with Crippen LogP contribution in [0.4, 0.5) is 0 Å². The number of hydrogen-bond acceptors (Lipinski definition) is 5. The second-order valence-electron chi connectivity index (χ2n) is 5.30. The predicted molar refractivity (Wildman–Crippen MR) is 76.8 cm³/mol. The molecule has 1 rings (SSSR count). The summed E-state index contributed by atoms with van der Waals surface area (Å²) in [6.45, 7) is 7.47. The number of thioether (sulfide) groups is 1. The Kier molecular flexibility index (Phi) is 5.62. The molecule has 1 heterocycles. The van der Waals surface area contributed by atoms with E-state index in [-0.39, 0.29) is 36.3 Å². The molecule has 0 aromatic heterocycles. The van der Waals surface area contributed by atoms with Crippen molar-refractivity contribution >= 4 is 29.5 Å². The standard InChI is InChI=1S/C13H20N2O4S/c1-5-19-12(18)6-11-15(10(17)8-20-11)7-9(16)14-13(2,3)4/h6H,5,7-8H2,1-4H3,(H,14,16)/b11-6-. The van der Waals surface area contributed by atoms with Gasteiger partial charge in [0.2, 0.25) is 11.8 Å². The molecule has 0 aliphatic carbocycles. The van der Waals surface area contributed by atoms with E-state index >= 15 is 0 Å². The third-order valence-corrected chi connectivity index (χ3v) is 3.28. The summed E-state index contributed by atoms with van der Waals surface area (Å²) in [5, 5.41) is 3.24. The predicted octanol–water partition coefficient (Wildman–Crippen LogP) is 0.881. The van der Waals surface area contributed by atoms with Gasteiger partial charge in [0.1, 0.15) is 6.54 Å². The number of nitrogens with zero attached hydrogens (tertiary/aromatic N) is 1. The molecule has 1 aliphatic heterocycles. The summed E-state index contributed by atoms with van der Waals surface area (Å²) in [7, 11) is 0. The Hall–Kier alpha value is -1.50. The van der Waals surface area contributed by atoms with Gasteiger partial charge in [0.25, 0.3) is 0 Å². The number of hydrogen-bond donors (Lipinski definition) is 1. The van der Waals surface area contributed by atoms with Crippen LogP contribution in [0, 0.1) is 0 Å². The summed E-state index contributed by atoms with van der Waals surface area (Å²) in [4.78, 5) is 36.3. The lowest BCUT2D eigenvalue weighted by atomic mass is 10.1. The van der Waals surface area contributed by atoms with E-state index in [0.29, 0.717) is 5.03 Å². The first-order chi connectivity index (χ1) is 9.23. The van der Waals surface area contributed by atoms with E-state index in [2.05, 4.69) is 5.32 Å². The number of esters is 1. The summed E-state index contributed by atoms with van der Waals surface area (Å²) < 4.78 is 4.81. The molecule has 6 nitrogen and oxygen atoms in total. The lowest BCUT2D eigenvalue weighted by Gasteiger charge is -2.23. The topological polar surface area (TPSA) is 75.7 Å². The van der Waals surface area contributed by atoms with Crippen LogP contribution in [0.15, 0.2) is 11.1 Å². The van der Waals surface area contributed by atoms with Gasteiger partial charge in [-0.1, -0.05) is 11.8 Å². The van der Waals surface area contributed by atoms with Crippen molar-refractivity contribution in [3.63, 3.8) is 0 Å². The second kappa shape index (κ2) is 6.78. The average Bonchev–Trinajstić information content (AvgIpc) is 2.59. The molecular weight excluding hydrogens is 280 g/mol. The molecule has 1 saturated heterocycles. The van der Waals surface area contributed by atoms with E-state index in [0.717, 1.165) is 0 Å². The van der Waals surface area contributed by atoms with E-state index in [1.807, 2.05) is 20.8 Å². The maximum absolute atomic E-state index is 11.9. The molecule has 0 atom stereocenters. The number of carbonyl (C=O) groups excluding carboxylic acids is 3. The fourth-order valence-electron chi connectivity index (χ4n) is 1.59. The largest absolute Gasteiger partial charge is 0.463 e. The van der Waals surface area contributed by atoms with Crippen molar-refractivity contribution in [1.29, 1.82) is 0 Å². The van der Waals surface area contributed by atoms with E-state index in [1.165, 1.54) is 22.7 Å². The van der Waals surface area contributed by atoms with Crippen LogP contribution in [0.2, 0.25) is 0 Å². The van der Waals surface area contributed by atoms with Crippen molar-refractivity contribution in [3.8, 4) is 0 Å². The van der Waals surface area contributed by atoms with Crippen LogP contribution in [0.25, 0.3) is 0 Å². The zero-order chi connectivity index (χ0) is 15.3. The van der Waals surface area contributed by atoms with Gasteiger partial charge >= 0.3 is 5.97 Å². The molecule has 112 valence electrons. The maximum Gasteiger partial charge on any atom is 0.333 e. The molecular formula is C13H20N2O4S. The van der Waals surface area contributed by atoms with Gasteiger partial charge in [-0.15, -0.1) is 0 Å². The third kappa shape index (κ3) is 5.24. The van der Waals surface area contributed by atoms with E-state index in [4.69, 9.17) is 4.74 Å². The van der Waals surface area contributed by atoms with Crippen molar-refractivity contribution in [2.24, 2.45) is 0 Å². The molecule has 0 spiro atoms. The molecule has 0 aromatic rings. The zero-order valence-corrected chi connectivity index (χ0v) is 13.0. The second-order valence-corrected chi connectivity index (χ2v) is 6.30. The van der Waals surface area contributed by atoms with Gasteiger partial charge in [0.15, 0.2) is 0 Å². The van der Waals surface area contributed by atoms with Crippen LogP contribution < -0.4 is 5.32 Å². The van der Waals surface area contributed by atoms with Gasteiger partial charge < -0.3 is 10.1 Å². The molecule has 1 fully saturated rings. The van der Waals surface area contributed by atoms with Crippen LogP contribution in [-0.2, 0) is 19.1 Å². The minimum Gasteiger partial charge on any atom is -0.463 e. The average molecular weight is 300 g/mol. The Bertz CT molecular complexity index is 440. The molecule has 7 heteroatoms. The van der Waals surface area contributed by atoms with Gasteiger partial charge in [-0.25, -0.2) is 4.79 Å². The lowest BCUT2D eigenvalue weighted by Crippen LogP contribution is -2.46. The zero-order valence-electron chi connectivity index (χ0n) is 12.2. The van der Waals surface area contributed by atoms with Gasteiger partial charge in [0, 0.05) is 5.54 Å². The Labute approximate surface area is 122 Å². The quantitative estimate of drug-likeness (QED) is 0.616. The summed E-state index contributed by atoms with van der Waals surface area (Å²) in [5.74, 6) is -0.725. The van der Waals surface area contributed by atoms with Gasteiger partial charge in [-0.05, 0) is 27.7 Å². The Morgan fingerprint density at radius 1 is 1.45 bits per heavy atom. The van der Waals surface area contributed by atoms with Crippen molar-refractivity contribution < 1.29 is 19.1 Å². The first kappa shape index (κ1) is 16.6. The molecule has 1 aliphatic rings. The number of ether oxygens (including phenoxy) is 1. The molecule has 0 aromatic carbocycles. The molecule has 0 saturated carbocycles. The van der Waals surface area contributed by atoms with Crippen molar-refractivity contribution in [2.45, 2.75) is 33.2 Å². The highest BCUT2D eigenvalue weighted by molar-refractivity contribution is 8.04. The fourth-order valence-corrected chi connectivity index (χ4v) is 2.52. The Morgan fingerprint density at radius 3 is 2.65 bits per heavy atom. The van der Waals surface area contributed by atoms with E-state index in [9.17, 15) is 14.4 Å². The van der Waals surface area contributed by atoms with Crippen LogP contribution in [0.1, 0.15) is 27.7 Å². The van der Waals surface area contributed by atoms with Gasteiger partial charge in [-0.2, -0.15) is 0 Å². The van der Waals surface area contributed by atoms with Crippen molar-refractivity contribution in [2.75, 3.05) is 18.9 Å². The third-order valence-electron chi connectivity index (χ3n) is 2.25. The highest BCUT2D eigenvalue weighted by Gasteiger charge is 2.30. The van der Waals surface area contributed by atoms with Crippen LogP contribution >= 0.6 is 11.8 Å². The van der Waals surface area contributed by atoms with Crippen LogP contribution in [0.3, 0.4) is 0 Å². The number of rotatable bonds is 4. The summed E-state index contributed by atoms with van der Waals surface area (Å²) in [5.41, 5.74) is -0.363. The van der Waals surface area contributed by atoms with Gasteiger partial charge in [-0.3, -0.25) is 14.5 Å². The molecule has 0 unspecified atom stereocenters. The van der Waals surface area contributed by atoms with E-state index < -0.39 is 5.97 Å². The smallest absolute Gasteiger partial charge is 0.333 e. The summed E-state index contributed by atoms with van der Waals surface area (Å²) >= 11 is 1.23. The molecule has 0 radical (unpaired) electrons.